The van der Waals surface area contributed by atoms with Gasteiger partial charge in [-0.25, -0.2) is 0 Å². The minimum Gasteiger partial charge on any atom is -0.481 e. The predicted octanol–water partition coefficient (Wildman–Crippen LogP) is 2.01. The molecule has 0 aromatic heterocycles. The van der Waals surface area contributed by atoms with Crippen molar-refractivity contribution in [3.05, 3.63) is 33.4 Å². The summed E-state index contributed by atoms with van der Waals surface area (Å²) in [7, 11) is 0. The number of aliphatic carboxylic acids is 1. The maximum absolute atomic E-state index is 10.8. The zero-order valence-corrected chi connectivity index (χ0v) is 10.3. The third kappa shape index (κ3) is 2.09. The molecule has 0 amide bonds. The van der Waals surface area contributed by atoms with Crippen LogP contribution in [0.3, 0.4) is 0 Å². The molecular weight excluding hydrogens is 202 g/mol. The smallest absolute Gasteiger partial charge is 0.307 e. The van der Waals surface area contributed by atoms with Gasteiger partial charge in [0.15, 0.2) is 0 Å². The first-order chi connectivity index (χ1) is 7.40. The summed E-state index contributed by atoms with van der Waals surface area (Å²) >= 11 is 0. The van der Waals surface area contributed by atoms with Crippen molar-refractivity contribution in [2.24, 2.45) is 5.73 Å². The Morgan fingerprint density at radius 1 is 1.00 bits per heavy atom. The molecule has 3 nitrogen and oxygen atoms in total. The van der Waals surface area contributed by atoms with Crippen molar-refractivity contribution in [3.8, 4) is 0 Å². The van der Waals surface area contributed by atoms with Crippen LogP contribution in [0.15, 0.2) is 0 Å². The summed E-state index contributed by atoms with van der Waals surface area (Å²) in [5, 5.41) is 8.90. The number of hydrogen-bond acceptors (Lipinski definition) is 2. The van der Waals surface area contributed by atoms with Gasteiger partial charge in [0.1, 0.15) is 0 Å². The molecule has 0 unspecified atom stereocenters. The molecule has 0 saturated carbocycles. The van der Waals surface area contributed by atoms with Crippen molar-refractivity contribution in [3.63, 3.8) is 0 Å². The Bertz CT molecular complexity index is 407. The average Bonchev–Trinajstić information content (AvgIpc) is 2.22. The van der Waals surface area contributed by atoms with Crippen LogP contribution in [-0.4, -0.2) is 11.1 Å². The van der Waals surface area contributed by atoms with Crippen molar-refractivity contribution < 1.29 is 9.90 Å². The molecule has 0 aliphatic rings. The van der Waals surface area contributed by atoms with E-state index in [0.29, 0.717) is 6.54 Å². The van der Waals surface area contributed by atoms with E-state index in [1.165, 1.54) is 0 Å². The standard InChI is InChI=1S/C13H19NO2/c1-7-9(3)12(6-14)10(4)8(2)11(7)5-13(15)16/h5-6,14H2,1-4H3,(H,15,16). The second-order valence-electron chi connectivity index (χ2n) is 4.23. The summed E-state index contributed by atoms with van der Waals surface area (Å²) in [5.41, 5.74) is 12.2. The van der Waals surface area contributed by atoms with Gasteiger partial charge in [0.05, 0.1) is 6.42 Å². The van der Waals surface area contributed by atoms with E-state index in [0.717, 1.165) is 33.4 Å². The summed E-state index contributed by atoms with van der Waals surface area (Å²) in [6.07, 6.45) is 0.0875. The van der Waals surface area contributed by atoms with Crippen molar-refractivity contribution in [2.45, 2.75) is 40.7 Å². The van der Waals surface area contributed by atoms with Gasteiger partial charge >= 0.3 is 5.97 Å². The van der Waals surface area contributed by atoms with Gasteiger partial charge in [0, 0.05) is 6.54 Å². The van der Waals surface area contributed by atoms with Crippen molar-refractivity contribution >= 4 is 5.97 Å². The minimum atomic E-state index is -0.787. The Labute approximate surface area is 96.3 Å². The maximum atomic E-state index is 10.8. The highest BCUT2D eigenvalue weighted by atomic mass is 16.4. The van der Waals surface area contributed by atoms with Crippen molar-refractivity contribution in [2.75, 3.05) is 0 Å². The number of carboxylic acids is 1. The average molecular weight is 221 g/mol. The Morgan fingerprint density at radius 2 is 1.38 bits per heavy atom. The van der Waals surface area contributed by atoms with Crippen molar-refractivity contribution in [1.82, 2.24) is 0 Å². The summed E-state index contributed by atoms with van der Waals surface area (Å²) in [5.74, 6) is -0.787. The van der Waals surface area contributed by atoms with Crippen LogP contribution < -0.4 is 5.73 Å². The van der Waals surface area contributed by atoms with Crippen LogP contribution >= 0.6 is 0 Å². The van der Waals surface area contributed by atoms with Gasteiger partial charge in [-0.3, -0.25) is 4.79 Å². The molecular formula is C13H19NO2. The molecule has 0 spiro atoms. The number of carbonyl (C=O) groups is 1. The highest BCUT2D eigenvalue weighted by Gasteiger charge is 2.15. The molecule has 1 aromatic rings. The number of hydrogen-bond donors (Lipinski definition) is 2. The van der Waals surface area contributed by atoms with Crippen LogP contribution in [0.4, 0.5) is 0 Å². The van der Waals surface area contributed by atoms with Gasteiger partial charge in [0.25, 0.3) is 0 Å². The molecule has 0 heterocycles. The molecule has 3 N–H and O–H groups in total. The zero-order valence-electron chi connectivity index (χ0n) is 10.3. The lowest BCUT2D eigenvalue weighted by Gasteiger charge is -2.18. The zero-order chi connectivity index (χ0) is 12.5. The number of carboxylic acid groups (broad SMARTS) is 1. The van der Waals surface area contributed by atoms with Gasteiger partial charge < -0.3 is 10.8 Å². The van der Waals surface area contributed by atoms with Crippen LogP contribution in [0.1, 0.15) is 33.4 Å². The highest BCUT2D eigenvalue weighted by Crippen LogP contribution is 2.26. The monoisotopic (exact) mass is 221 g/mol. The Morgan fingerprint density at radius 3 is 1.69 bits per heavy atom. The van der Waals surface area contributed by atoms with Gasteiger partial charge in [-0.15, -0.1) is 0 Å². The number of nitrogens with two attached hydrogens (primary N) is 1. The summed E-state index contributed by atoms with van der Waals surface area (Å²) in [4.78, 5) is 10.8. The molecule has 3 heteroatoms. The maximum Gasteiger partial charge on any atom is 0.307 e. The first-order valence-electron chi connectivity index (χ1n) is 5.40. The van der Waals surface area contributed by atoms with Crippen LogP contribution in [0, 0.1) is 27.7 Å². The van der Waals surface area contributed by atoms with Crippen LogP contribution in [0.5, 0.6) is 0 Å². The van der Waals surface area contributed by atoms with Crippen LogP contribution in [0.25, 0.3) is 0 Å². The third-order valence-corrected chi connectivity index (χ3v) is 3.47. The van der Waals surface area contributed by atoms with E-state index >= 15 is 0 Å². The summed E-state index contributed by atoms with van der Waals surface area (Å²) in [6, 6.07) is 0. The largest absolute Gasteiger partial charge is 0.481 e. The molecule has 1 aromatic carbocycles. The van der Waals surface area contributed by atoms with Gasteiger partial charge in [-0.2, -0.15) is 0 Å². The van der Waals surface area contributed by atoms with E-state index in [2.05, 4.69) is 0 Å². The van der Waals surface area contributed by atoms with E-state index in [1.54, 1.807) is 0 Å². The molecule has 0 bridgehead atoms. The third-order valence-electron chi connectivity index (χ3n) is 3.47. The lowest BCUT2D eigenvalue weighted by molar-refractivity contribution is -0.136. The normalized spacial score (nSPS) is 10.6. The second-order valence-corrected chi connectivity index (χ2v) is 4.23. The molecule has 0 aliphatic heterocycles. The molecule has 0 aliphatic carbocycles. The van der Waals surface area contributed by atoms with E-state index in [1.807, 2.05) is 27.7 Å². The quantitative estimate of drug-likeness (QED) is 0.820. The fourth-order valence-electron chi connectivity index (χ4n) is 2.19. The summed E-state index contributed by atoms with van der Waals surface area (Å²) in [6.45, 7) is 8.47. The van der Waals surface area contributed by atoms with E-state index < -0.39 is 5.97 Å². The Balaban J connectivity index is 3.47. The lowest BCUT2D eigenvalue weighted by Crippen LogP contribution is -2.11. The SMILES string of the molecule is Cc1c(C)c(CC(=O)O)c(C)c(C)c1CN. The number of benzene rings is 1. The fourth-order valence-corrected chi connectivity index (χ4v) is 2.19. The lowest BCUT2D eigenvalue weighted by atomic mass is 9.87. The van der Waals surface area contributed by atoms with E-state index in [-0.39, 0.29) is 6.42 Å². The molecule has 1 rings (SSSR count). The fraction of sp³-hybridized carbons (Fsp3) is 0.462. The molecule has 0 atom stereocenters. The van der Waals surface area contributed by atoms with Gasteiger partial charge in [-0.05, 0) is 61.1 Å². The minimum absolute atomic E-state index is 0.0875. The predicted molar refractivity (Wildman–Crippen MR) is 64.6 cm³/mol. The molecule has 16 heavy (non-hydrogen) atoms. The number of rotatable bonds is 3. The first kappa shape index (κ1) is 12.7. The topological polar surface area (TPSA) is 63.3 Å². The highest BCUT2D eigenvalue weighted by molar-refractivity contribution is 5.72. The van der Waals surface area contributed by atoms with Crippen LogP contribution in [0.2, 0.25) is 0 Å². The van der Waals surface area contributed by atoms with Crippen molar-refractivity contribution in [1.29, 1.82) is 0 Å². The Hall–Kier alpha value is -1.35. The molecule has 0 fully saturated rings. The van der Waals surface area contributed by atoms with E-state index in [4.69, 9.17) is 10.8 Å². The van der Waals surface area contributed by atoms with Crippen LogP contribution in [-0.2, 0) is 17.8 Å². The van der Waals surface area contributed by atoms with Gasteiger partial charge in [0.2, 0.25) is 0 Å². The molecule has 0 saturated heterocycles. The van der Waals surface area contributed by atoms with E-state index in [9.17, 15) is 4.79 Å². The summed E-state index contributed by atoms with van der Waals surface area (Å²) < 4.78 is 0. The Kier molecular flexibility index (Phi) is 3.70. The molecule has 88 valence electrons. The molecule has 0 radical (unpaired) electrons. The second kappa shape index (κ2) is 4.66. The first-order valence-corrected chi connectivity index (χ1v) is 5.40. The van der Waals surface area contributed by atoms with Gasteiger partial charge in [-0.1, -0.05) is 0 Å².